The number of hydrogen-bond acceptors (Lipinski definition) is 4. The highest BCUT2D eigenvalue weighted by Gasteiger charge is 2.15. The number of esters is 1. The zero-order valence-corrected chi connectivity index (χ0v) is 9.91. The number of thiophene rings is 1. The van der Waals surface area contributed by atoms with Crippen LogP contribution in [0.25, 0.3) is 10.2 Å². The molecule has 0 aliphatic rings. The average Bonchev–Trinajstić information content (AvgIpc) is 2.59. The molecule has 2 aromatic rings. The van der Waals surface area contributed by atoms with Crippen LogP contribution in [0, 0.1) is 0 Å². The zero-order chi connectivity index (χ0) is 11.0. The minimum absolute atomic E-state index is 0.251. The summed E-state index contributed by atoms with van der Waals surface area (Å²) in [4.78, 5) is 16.1. The minimum atomic E-state index is -0.503. The molecule has 78 valence electrons. The average molecular weight is 262 g/mol. The molecule has 2 rings (SSSR count). The predicted octanol–water partition coefficient (Wildman–Crippen LogP) is 3.39. The Morgan fingerprint density at radius 1 is 1.53 bits per heavy atom. The number of nitrogens with zero attached hydrogens (tertiary/aromatic N) is 1. The molecule has 0 aliphatic carbocycles. The minimum Gasteiger partial charge on any atom is -0.465 e. The van der Waals surface area contributed by atoms with Crippen molar-refractivity contribution in [3.05, 3.63) is 27.2 Å². The van der Waals surface area contributed by atoms with Crippen LogP contribution in [0.5, 0.6) is 0 Å². The lowest BCUT2D eigenvalue weighted by molar-refractivity contribution is 0.0600. The van der Waals surface area contributed by atoms with Gasteiger partial charge in [-0.2, -0.15) is 0 Å². The van der Waals surface area contributed by atoms with Gasteiger partial charge in [0.25, 0.3) is 0 Å². The first-order valence-corrected chi connectivity index (χ1v) is 5.52. The highest BCUT2D eigenvalue weighted by atomic mass is 35.5. The lowest BCUT2D eigenvalue weighted by Crippen LogP contribution is -2.02. The molecule has 0 aromatic carbocycles. The van der Waals surface area contributed by atoms with Crippen LogP contribution in [-0.4, -0.2) is 18.1 Å². The summed E-state index contributed by atoms with van der Waals surface area (Å²) in [5.41, 5.74) is 0.251. The van der Waals surface area contributed by atoms with E-state index in [1.165, 1.54) is 24.6 Å². The number of aromatic nitrogens is 1. The molecule has 0 radical (unpaired) electrons. The first-order chi connectivity index (χ1) is 7.13. The number of rotatable bonds is 1. The molecule has 0 spiro atoms. The van der Waals surface area contributed by atoms with Crippen LogP contribution in [0.4, 0.5) is 0 Å². The van der Waals surface area contributed by atoms with Crippen molar-refractivity contribution in [1.82, 2.24) is 4.98 Å². The topological polar surface area (TPSA) is 39.2 Å². The van der Waals surface area contributed by atoms with Gasteiger partial charge in [0.1, 0.15) is 4.83 Å². The van der Waals surface area contributed by atoms with Crippen molar-refractivity contribution in [3.63, 3.8) is 0 Å². The molecular weight excluding hydrogens is 257 g/mol. The maximum absolute atomic E-state index is 11.3. The van der Waals surface area contributed by atoms with Crippen molar-refractivity contribution in [1.29, 1.82) is 0 Å². The number of carbonyl (C=O) groups is 1. The van der Waals surface area contributed by atoms with E-state index in [2.05, 4.69) is 9.72 Å². The molecular formula is C9H5Cl2NO2S. The third kappa shape index (κ3) is 1.80. The van der Waals surface area contributed by atoms with Gasteiger partial charge in [-0.3, -0.25) is 0 Å². The van der Waals surface area contributed by atoms with E-state index in [9.17, 15) is 4.79 Å². The van der Waals surface area contributed by atoms with E-state index < -0.39 is 5.97 Å². The maximum atomic E-state index is 11.3. The SMILES string of the molecule is COC(=O)c1cnc2sc(Cl)cc2c1Cl. The molecule has 0 aliphatic heterocycles. The summed E-state index contributed by atoms with van der Waals surface area (Å²) in [5.74, 6) is -0.503. The Balaban J connectivity index is 2.69. The monoisotopic (exact) mass is 261 g/mol. The van der Waals surface area contributed by atoms with E-state index in [4.69, 9.17) is 23.2 Å². The molecule has 15 heavy (non-hydrogen) atoms. The van der Waals surface area contributed by atoms with Crippen LogP contribution in [0.2, 0.25) is 9.36 Å². The summed E-state index contributed by atoms with van der Waals surface area (Å²) in [6.07, 6.45) is 1.39. The summed E-state index contributed by atoms with van der Waals surface area (Å²) >= 11 is 13.2. The fourth-order valence-corrected chi connectivity index (χ4v) is 2.57. The summed E-state index contributed by atoms with van der Waals surface area (Å²) in [5, 5.41) is 1.00. The summed E-state index contributed by atoms with van der Waals surface area (Å²) in [6, 6.07) is 1.68. The smallest absolute Gasteiger partial charge is 0.340 e. The van der Waals surface area contributed by atoms with E-state index >= 15 is 0 Å². The molecule has 0 N–H and O–H groups in total. The number of fused-ring (bicyclic) bond motifs is 1. The van der Waals surface area contributed by atoms with E-state index in [0.29, 0.717) is 19.6 Å². The van der Waals surface area contributed by atoms with Gasteiger partial charge in [-0.25, -0.2) is 9.78 Å². The maximum Gasteiger partial charge on any atom is 0.340 e. The number of pyridine rings is 1. The summed E-state index contributed by atoms with van der Waals surface area (Å²) in [6.45, 7) is 0. The highest BCUT2D eigenvalue weighted by molar-refractivity contribution is 7.22. The Bertz CT molecular complexity index is 538. The number of halogens is 2. The molecule has 0 saturated carbocycles. The fraction of sp³-hybridized carbons (Fsp3) is 0.111. The molecule has 0 fully saturated rings. The second-order valence-electron chi connectivity index (χ2n) is 2.75. The van der Waals surface area contributed by atoms with Crippen molar-refractivity contribution in [2.75, 3.05) is 7.11 Å². The molecule has 0 atom stereocenters. The number of carbonyl (C=O) groups excluding carboxylic acids is 1. The van der Waals surface area contributed by atoms with E-state index in [0.717, 1.165) is 0 Å². The van der Waals surface area contributed by atoms with Gasteiger partial charge < -0.3 is 4.74 Å². The van der Waals surface area contributed by atoms with Gasteiger partial charge in [0.2, 0.25) is 0 Å². The van der Waals surface area contributed by atoms with Gasteiger partial charge in [0.15, 0.2) is 0 Å². The van der Waals surface area contributed by atoms with Gasteiger partial charge in [-0.15, -0.1) is 11.3 Å². The molecule has 3 nitrogen and oxygen atoms in total. The molecule has 0 saturated heterocycles. The van der Waals surface area contributed by atoms with Crippen molar-refractivity contribution < 1.29 is 9.53 Å². The highest BCUT2D eigenvalue weighted by Crippen LogP contribution is 2.34. The van der Waals surface area contributed by atoms with Crippen molar-refractivity contribution in [2.45, 2.75) is 0 Å². The molecule has 6 heteroatoms. The Morgan fingerprint density at radius 3 is 2.93 bits per heavy atom. The Kier molecular flexibility index (Phi) is 2.82. The van der Waals surface area contributed by atoms with Crippen LogP contribution >= 0.6 is 34.5 Å². The third-order valence-electron chi connectivity index (χ3n) is 1.87. The predicted molar refractivity (Wildman–Crippen MR) is 61.0 cm³/mol. The molecule has 0 bridgehead atoms. The van der Waals surface area contributed by atoms with Crippen LogP contribution in [0.15, 0.2) is 12.3 Å². The van der Waals surface area contributed by atoms with Gasteiger partial charge in [0.05, 0.1) is 22.0 Å². The number of hydrogen-bond donors (Lipinski definition) is 0. The standard InChI is InChI=1S/C9H5Cl2NO2S/c1-14-9(13)5-3-12-8-4(7(5)11)2-6(10)15-8/h2-3H,1H3. The fourth-order valence-electron chi connectivity index (χ4n) is 1.18. The molecule has 2 heterocycles. The lowest BCUT2D eigenvalue weighted by Gasteiger charge is -2.01. The van der Waals surface area contributed by atoms with Gasteiger partial charge in [-0.05, 0) is 6.07 Å². The molecule has 0 unspecified atom stereocenters. The van der Waals surface area contributed by atoms with Crippen LogP contribution in [-0.2, 0) is 4.74 Å². The van der Waals surface area contributed by atoms with E-state index in [1.54, 1.807) is 6.07 Å². The van der Waals surface area contributed by atoms with E-state index in [1.807, 2.05) is 0 Å². The van der Waals surface area contributed by atoms with Crippen LogP contribution in [0.1, 0.15) is 10.4 Å². The van der Waals surface area contributed by atoms with Crippen molar-refractivity contribution >= 4 is 50.7 Å². The molecule has 0 amide bonds. The van der Waals surface area contributed by atoms with Crippen LogP contribution in [0.3, 0.4) is 0 Å². The zero-order valence-electron chi connectivity index (χ0n) is 7.58. The second kappa shape index (κ2) is 3.96. The van der Waals surface area contributed by atoms with Gasteiger partial charge in [-0.1, -0.05) is 23.2 Å². The lowest BCUT2D eigenvalue weighted by atomic mass is 10.2. The quantitative estimate of drug-likeness (QED) is 0.739. The van der Waals surface area contributed by atoms with Crippen molar-refractivity contribution in [2.24, 2.45) is 0 Å². The normalized spacial score (nSPS) is 10.6. The summed E-state index contributed by atoms with van der Waals surface area (Å²) < 4.78 is 5.16. The Morgan fingerprint density at radius 2 is 2.27 bits per heavy atom. The molecule has 2 aromatic heterocycles. The third-order valence-corrected chi connectivity index (χ3v) is 3.45. The van der Waals surface area contributed by atoms with E-state index in [-0.39, 0.29) is 5.56 Å². The second-order valence-corrected chi connectivity index (χ2v) is 4.79. The van der Waals surface area contributed by atoms with Gasteiger partial charge >= 0.3 is 5.97 Å². The Labute approximate surface area is 99.6 Å². The first-order valence-electron chi connectivity index (χ1n) is 3.95. The summed E-state index contributed by atoms with van der Waals surface area (Å²) in [7, 11) is 1.30. The number of methoxy groups -OCH3 is 1. The largest absolute Gasteiger partial charge is 0.465 e. The Hall–Kier alpha value is -0.840. The van der Waals surface area contributed by atoms with Gasteiger partial charge in [0, 0.05) is 11.6 Å². The van der Waals surface area contributed by atoms with Crippen molar-refractivity contribution in [3.8, 4) is 0 Å². The van der Waals surface area contributed by atoms with Crippen LogP contribution < -0.4 is 0 Å². The first kappa shape index (κ1) is 10.7. The number of ether oxygens (including phenoxy) is 1.